The van der Waals surface area contributed by atoms with Gasteiger partial charge in [-0.2, -0.15) is 0 Å². The Morgan fingerprint density at radius 1 is 1.41 bits per heavy atom. The molecule has 3 rings (SSSR count). The van der Waals surface area contributed by atoms with Gasteiger partial charge in [-0.05, 0) is 18.9 Å². The van der Waals surface area contributed by atoms with Gasteiger partial charge < -0.3 is 9.47 Å². The zero-order valence-corrected chi connectivity index (χ0v) is 13.2. The molecular weight excluding hydrogens is 298 g/mol. The number of carbonyl (C=O) groups is 1. The van der Waals surface area contributed by atoms with Gasteiger partial charge in [0.05, 0.1) is 5.01 Å². The van der Waals surface area contributed by atoms with E-state index in [0.29, 0.717) is 18.9 Å². The molecule has 0 N–H and O–H groups in total. The van der Waals surface area contributed by atoms with Gasteiger partial charge in [-0.25, -0.2) is 4.98 Å². The minimum Gasteiger partial charge on any atom is -0.342 e. The van der Waals surface area contributed by atoms with Crippen molar-refractivity contribution in [2.45, 2.75) is 31.7 Å². The van der Waals surface area contributed by atoms with E-state index in [1.807, 2.05) is 22.5 Å². The first-order valence-electron chi connectivity index (χ1n) is 7.56. The van der Waals surface area contributed by atoms with Gasteiger partial charge in [0.15, 0.2) is 0 Å². The SMILES string of the molecule is O=C(CCn1ccccc1=O)N1CCC[C@H](c2nccs2)C1. The molecule has 116 valence electrons. The maximum atomic E-state index is 12.4. The molecule has 1 aliphatic rings. The van der Waals surface area contributed by atoms with Crippen molar-refractivity contribution >= 4 is 17.2 Å². The molecule has 6 heteroatoms. The van der Waals surface area contributed by atoms with Crippen molar-refractivity contribution in [3.63, 3.8) is 0 Å². The summed E-state index contributed by atoms with van der Waals surface area (Å²) in [6, 6.07) is 5.04. The zero-order valence-electron chi connectivity index (χ0n) is 12.4. The minimum atomic E-state index is -0.0605. The van der Waals surface area contributed by atoms with Gasteiger partial charge in [0.25, 0.3) is 5.56 Å². The highest BCUT2D eigenvalue weighted by Gasteiger charge is 2.25. The molecule has 0 radical (unpaired) electrons. The van der Waals surface area contributed by atoms with Gasteiger partial charge in [-0.3, -0.25) is 9.59 Å². The monoisotopic (exact) mass is 317 g/mol. The van der Waals surface area contributed by atoms with Crippen molar-refractivity contribution in [3.05, 3.63) is 51.3 Å². The molecule has 1 atom stereocenters. The van der Waals surface area contributed by atoms with Crippen LogP contribution >= 0.6 is 11.3 Å². The molecule has 0 spiro atoms. The molecule has 0 aliphatic carbocycles. The first-order valence-corrected chi connectivity index (χ1v) is 8.44. The largest absolute Gasteiger partial charge is 0.342 e. The second-order valence-corrected chi connectivity index (χ2v) is 6.46. The van der Waals surface area contributed by atoms with E-state index < -0.39 is 0 Å². The van der Waals surface area contributed by atoms with Crippen LogP contribution in [0.15, 0.2) is 40.8 Å². The Kier molecular flexibility index (Phi) is 4.68. The highest BCUT2D eigenvalue weighted by atomic mass is 32.1. The first-order chi connectivity index (χ1) is 10.7. The number of hydrogen-bond donors (Lipinski definition) is 0. The first kappa shape index (κ1) is 15.0. The molecule has 1 aliphatic heterocycles. The van der Waals surface area contributed by atoms with E-state index in [1.165, 1.54) is 6.07 Å². The highest BCUT2D eigenvalue weighted by Crippen LogP contribution is 2.28. The van der Waals surface area contributed by atoms with Gasteiger partial charge in [-0.15, -0.1) is 11.3 Å². The van der Waals surface area contributed by atoms with E-state index in [-0.39, 0.29) is 11.5 Å². The number of piperidine rings is 1. The molecule has 0 aromatic carbocycles. The van der Waals surface area contributed by atoms with Crippen LogP contribution in [0.25, 0.3) is 0 Å². The van der Waals surface area contributed by atoms with Crippen LogP contribution in [-0.2, 0) is 11.3 Å². The number of pyridine rings is 1. The lowest BCUT2D eigenvalue weighted by Crippen LogP contribution is -2.39. The molecule has 0 bridgehead atoms. The lowest BCUT2D eigenvalue weighted by molar-refractivity contribution is -0.132. The summed E-state index contributed by atoms with van der Waals surface area (Å²) >= 11 is 1.66. The van der Waals surface area contributed by atoms with Crippen LogP contribution in [0.3, 0.4) is 0 Å². The standard InChI is InChI=1S/C16H19N3O2S/c20-14-5-1-2-8-18(14)10-6-15(21)19-9-3-4-13(12-19)16-17-7-11-22-16/h1-2,5,7-8,11,13H,3-4,6,9-10,12H2/t13-/m0/s1. The van der Waals surface area contributed by atoms with Crippen molar-refractivity contribution in [1.82, 2.24) is 14.5 Å². The van der Waals surface area contributed by atoms with E-state index in [2.05, 4.69) is 4.98 Å². The third kappa shape index (κ3) is 3.44. The normalized spacial score (nSPS) is 18.4. The molecular formula is C16H19N3O2S. The number of likely N-dealkylation sites (tertiary alicyclic amines) is 1. The Morgan fingerprint density at radius 2 is 2.32 bits per heavy atom. The van der Waals surface area contributed by atoms with Crippen LogP contribution in [0.1, 0.15) is 30.2 Å². The summed E-state index contributed by atoms with van der Waals surface area (Å²) < 4.78 is 1.58. The predicted octanol–water partition coefficient (Wildman–Crippen LogP) is 2.10. The van der Waals surface area contributed by atoms with Crippen LogP contribution in [0.2, 0.25) is 0 Å². The van der Waals surface area contributed by atoms with Crippen LogP contribution in [0.4, 0.5) is 0 Å². The summed E-state index contributed by atoms with van der Waals surface area (Å²) in [6.07, 6.45) is 6.03. The van der Waals surface area contributed by atoms with E-state index in [1.54, 1.807) is 28.2 Å². The molecule has 2 aromatic heterocycles. The molecule has 22 heavy (non-hydrogen) atoms. The molecule has 1 amide bonds. The van der Waals surface area contributed by atoms with Gasteiger partial charge in [0.1, 0.15) is 0 Å². The quantitative estimate of drug-likeness (QED) is 0.868. The number of aryl methyl sites for hydroxylation is 1. The third-order valence-corrected chi connectivity index (χ3v) is 4.98. The van der Waals surface area contributed by atoms with E-state index in [0.717, 1.165) is 30.9 Å². The summed E-state index contributed by atoms with van der Waals surface area (Å²) in [5.41, 5.74) is -0.0605. The Hall–Kier alpha value is -1.95. The van der Waals surface area contributed by atoms with Crippen molar-refractivity contribution in [2.75, 3.05) is 13.1 Å². The number of amides is 1. The second-order valence-electron chi connectivity index (χ2n) is 5.53. The number of thiazole rings is 1. The highest BCUT2D eigenvalue weighted by molar-refractivity contribution is 7.09. The van der Waals surface area contributed by atoms with Crippen LogP contribution in [0.5, 0.6) is 0 Å². The Labute approximate surface area is 133 Å². The number of nitrogens with zero attached hydrogens (tertiary/aromatic N) is 3. The fourth-order valence-corrected chi connectivity index (χ4v) is 3.63. The summed E-state index contributed by atoms with van der Waals surface area (Å²) in [5, 5.41) is 3.11. The smallest absolute Gasteiger partial charge is 0.250 e. The average molecular weight is 317 g/mol. The van der Waals surface area contributed by atoms with Crippen molar-refractivity contribution in [2.24, 2.45) is 0 Å². The van der Waals surface area contributed by atoms with E-state index in [9.17, 15) is 9.59 Å². The lowest BCUT2D eigenvalue weighted by Gasteiger charge is -2.32. The topological polar surface area (TPSA) is 55.2 Å². The van der Waals surface area contributed by atoms with E-state index >= 15 is 0 Å². The summed E-state index contributed by atoms with van der Waals surface area (Å²) in [4.78, 5) is 30.3. The summed E-state index contributed by atoms with van der Waals surface area (Å²) in [6.45, 7) is 2.00. The fourth-order valence-electron chi connectivity index (χ4n) is 2.86. The molecule has 5 nitrogen and oxygen atoms in total. The Bertz CT molecular complexity index is 681. The maximum Gasteiger partial charge on any atom is 0.250 e. The number of carbonyl (C=O) groups excluding carboxylic acids is 1. The van der Waals surface area contributed by atoms with Crippen molar-refractivity contribution in [1.29, 1.82) is 0 Å². The molecule has 1 saturated heterocycles. The summed E-state index contributed by atoms with van der Waals surface area (Å²) in [5.74, 6) is 0.481. The predicted molar refractivity (Wildman–Crippen MR) is 86.0 cm³/mol. The maximum absolute atomic E-state index is 12.4. The van der Waals surface area contributed by atoms with Gasteiger partial charge in [-0.1, -0.05) is 6.07 Å². The third-order valence-electron chi connectivity index (χ3n) is 4.04. The zero-order chi connectivity index (χ0) is 15.4. The van der Waals surface area contributed by atoms with Crippen molar-refractivity contribution < 1.29 is 4.79 Å². The summed E-state index contributed by atoms with van der Waals surface area (Å²) in [7, 11) is 0. The molecule has 1 fully saturated rings. The van der Waals surface area contributed by atoms with Crippen LogP contribution in [0, 0.1) is 0 Å². The van der Waals surface area contributed by atoms with E-state index in [4.69, 9.17) is 0 Å². The number of rotatable bonds is 4. The number of hydrogen-bond acceptors (Lipinski definition) is 4. The van der Waals surface area contributed by atoms with Gasteiger partial charge in [0, 0.05) is 55.8 Å². The molecule has 2 aromatic rings. The van der Waals surface area contributed by atoms with Crippen LogP contribution < -0.4 is 5.56 Å². The number of aromatic nitrogens is 2. The Balaban J connectivity index is 1.58. The van der Waals surface area contributed by atoms with Crippen molar-refractivity contribution in [3.8, 4) is 0 Å². The Morgan fingerprint density at radius 3 is 3.09 bits per heavy atom. The average Bonchev–Trinajstić information content (AvgIpc) is 3.08. The second kappa shape index (κ2) is 6.87. The fraction of sp³-hybridized carbons (Fsp3) is 0.438. The van der Waals surface area contributed by atoms with Crippen LogP contribution in [-0.4, -0.2) is 33.4 Å². The molecule has 3 heterocycles. The lowest BCUT2D eigenvalue weighted by atomic mass is 9.98. The van der Waals surface area contributed by atoms with Gasteiger partial charge >= 0.3 is 0 Å². The molecule has 0 saturated carbocycles. The minimum absolute atomic E-state index is 0.0605. The van der Waals surface area contributed by atoms with Gasteiger partial charge in [0.2, 0.25) is 5.91 Å². The molecule has 0 unspecified atom stereocenters.